The van der Waals surface area contributed by atoms with Gasteiger partial charge in [-0.1, -0.05) is 12.5 Å². The average molecular weight is 376 g/mol. The highest BCUT2D eigenvalue weighted by Crippen LogP contribution is 2.68. The molecule has 0 spiro atoms. The lowest BCUT2D eigenvalue weighted by Gasteiger charge is -2.59. The molecule has 0 saturated heterocycles. The van der Waals surface area contributed by atoms with Crippen molar-refractivity contribution in [1.29, 1.82) is 0 Å². The summed E-state index contributed by atoms with van der Waals surface area (Å²) in [5.74, 6) is 0.808. The van der Waals surface area contributed by atoms with Gasteiger partial charge in [0.2, 0.25) is 0 Å². The number of aliphatic carboxylic acids is 1. The Kier molecular flexibility index (Phi) is 5.62. The molecule has 2 N–H and O–H groups in total. The maximum atomic E-state index is 12.6. The summed E-state index contributed by atoms with van der Waals surface area (Å²) < 4.78 is 0. The fourth-order valence-electron chi connectivity index (χ4n) is 7.36. The van der Waals surface area contributed by atoms with E-state index in [1.807, 2.05) is 6.79 Å². The molecule has 5 heteroatoms. The van der Waals surface area contributed by atoms with Crippen LogP contribution >= 0.6 is 0 Å². The Morgan fingerprint density at radius 1 is 1.15 bits per heavy atom. The fourth-order valence-corrected chi connectivity index (χ4v) is 7.36. The summed E-state index contributed by atoms with van der Waals surface area (Å²) >= 11 is 0. The number of carboxylic acids is 1. The van der Waals surface area contributed by atoms with Crippen LogP contribution in [0.25, 0.3) is 0 Å². The third-order valence-corrected chi connectivity index (χ3v) is 8.55. The number of carbonyl (C=O) groups excluding carboxylic acids is 2. The topological polar surface area (TPSA) is 91.7 Å². The number of rotatable bonds is 3. The van der Waals surface area contributed by atoms with E-state index in [1.165, 1.54) is 0 Å². The van der Waals surface area contributed by atoms with Crippen LogP contribution in [0.3, 0.4) is 0 Å². The molecule has 0 heterocycles. The number of aliphatic hydroxyl groups is 1. The maximum absolute atomic E-state index is 12.6. The van der Waals surface area contributed by atoms with Gasteiger partial charge in [0.15, 0.2) is 5.78 Å². The molecule has 0 amide bonds. The number of aliphatic hydroxyl groups excluding tert-OH is 1. The third-order valence-electron chi connectivity index (χ3n) is 8.55. The van der Waals surface area contributed by atoms with Gasteiger partial charge in [0.05, 0.1) is 5.41 Å². The molecule has 6 unspecified atom stereocenters. The minimum absolute atomic E-state index is 0.0582. The first kappa shape index (κ1) is 20.2. The van der Waals surface area contributed by atoms with E-state index in [-0.39, 0.29) is 29.6 Å². The quantitative estimate of drug-likeness (QED) is 0.788. The summed E-state index contributed by atoms with van der Waals surface area (Å²) in [5.41, 5.74) is 0.629. The second-order valence-electron chi connectivity index (χ2n) is 9.17. The zero-order chi connectivity index (χ0) is 19.8. The van der Waals surface area contributed by atoms with E-state index in [0.29, 0.717) is 18.3 Å². The lowest BCUT2D eigenvalue weighted by molar-refractivity contribution is -0.174. The van der Waals surface area contributed by atoms with Crippen molar-refractivity contribution in [2.75, 3.05) is 6.61 Å². The van der Waals surface area contributed by atoms with Crippen molar-refractivity contribution in [3.05, 3.63) is 11.6 Å². The van der Waals surface area contributed by atoms with Gasteiger partial charge < -0.3 is 15.0 Å². The number of fused-ring (bicyclic) bond motifs is 5. The smallest absolute Gasteiger partial charge is 0.310 e. The Morgan fingerprint density at radius 2 is 1.89 bits per heavy atom. The summed E-state index contributed by atoms with van der Waals surface area (Å²) in [6.07, 6.45) is 9.56. The highest BCUT2D eigenvalue weighted by atomic mass is 16.4. The van der Waals surface area contributed by atoms with Crippen LogP contribution in [0.5, 0.6) is 0 Å². The summed E-state index contributed by atoms with van der Waals surface area (Å²) in [7, 11) is 0. The van der Waals surface area contributed by atoms with E-state index in [4.69, 9.17) is 4.79 Å². The summed E-state index contributed by atoms with van der Waals surface area (Å²) in [4.78, 5) is 32.4. The molecular formula is C22H32O5. The molecule has 0 aromatic rings. The molecule has 0 bridgehead atoms. The van der Waals surface area contributed by atoms with Gasteiger partial charge in [-0.3, -0.25) is 9.59 Å². The molecule has 0 aromatic carbocycles. The standard InChI is InChI=1S/C21H30O4.CH2O/c1-20-9-10-21(19(24)25)16-7-4-15(23)12-13(16)2-5-18(21)17(20)6-3-14(20)8-11-22;1-2/h12,14,16-18,22H,2-11H2,1H3,(H,24,25);1H2. The highest BCUT2D eigenvalue weighted by Gasteiger charge is 2.65. The second kappa shape index (κ2) is 7.50. The van der Waals surface area contributed by atoms with E-state index in [2.05, 4.69) is 6.92 Å². The molecule has 5 nitrogen and oxygen atoms in total. The number of hydrogen-bond acceptors (Lipinski definition) is 4. The van der Waals surface area contributed by atoms with Gasteiger partial charge in [-0.15, -0.1) is 0 Å². The lowest BCUT2D eigenvalue weighted by Crippen LogP contribution is -2.57. The zero-order valence-corrected chi connectivity index (χ0v) is 16.3. The number of hydrogen-bond donors (Lipinski definition) is 2. The molecule has 27 heavy (non-hydrogen) atoms. The maximum Gasteiger partial charge on any atom is 0.310 e. The summed E-state index contributed by atoms with van der Waals surface area (Å²) in [6, 6.07) is 0. The van der Waals surface area contributed by atoms with Crippen molar-refractivity contribution in [3.63, 3.8) is 0 Å². The molecule has 6 atom stereocenters. The first-order valence-electron chi connectivity index (χ1n) is 10.3. The minimum atomic E-state index is -0.664. The number of carbonyl (C=O) groups is 3. The minimum Gasteiger partial charge on any atom is -0.481 e. The van der Waals surface area contributed by atoms with Crippen LogP contribution in [0.15, 0.2) is 11.6 Å². The highest BCUT2D eigenvalue weighted by molar-refractivity contribution is 5.92. The van der Waals surface area contributed by atoms with E-state index in [0.717, 1.165) is 56.9 Å². The van der Waals surface area contributed by atoms with E-state index in [1.54, 1.807) is 6.08 Å². The van der Waals surface area contributed by atoms with Crippen LogP contribution in [-0.4, -0.2) is 35.4 Å². The van der Waals surface area contributed by atoms with Gasteiger partial charge in [-0.2, -0.15) is 0 Å². The Labute approximate surface area is 161 Å². The van der Waals surface area contributed by atoms with Gasteiger partial charge in [0.1, 0.15) is 6.79 Å². The molecule has 3 fully saturated rings. The predicted octanol–water partition coefficient (Wildman–Crippen LogP) is 3.40. The van der Waals surface area contributed by atoms with E-state index >= 15 is 0 Å². The number of ketones is 1. The molecule has 3 saturated carbocycles. The molecule has 4 aliphatic rings. The van der Waals surface area contributed by atoms with E-state index in [9.17, 15) is 19.8 Å². The molecule has 4 aliphatic carbocycles. The van der Waals surface area contributed by atoms with Gasteiger partial charge >= 0.3 is 5.97 Å². The molecule has 150 valence electrons. The average Bonchev–Trinajstić information content (AvgIpc) is 2.99. The van der Waals surface area contributed by atoms with Crippen LogP contribution in [0, 0.1) is 34.5 Å². The third kappa shape index (κ3) is 2.89. The molecular weight excluding hydrogens is 344 g/mol. The second-order valence-corrected chi connectivity index (χ2v) is 9.17. The van der Waals surface area contributed by atoms with Crippen LogP contribution in [0.4, 0.5) is 0 Å². The van der Waals surface area contributed by atoms with Crippen molar-refractivity contribution in [3.8, 4) is 0 Å². The molecule has 0 aromatic heterocycles. The predicted molar refractivity (Wildman–Crippen MR) is 101 cm³/mol. The fraction of sp³-hybridized carbons (Fsp3) is 0.773. The van der Waals surface area contributed by atoms with Crippen LogP contribution in [0.2, 0.25) is 0 Å². The normalized spacial score (nSPS) is 42.7. The molecule has 4 rings (SSSR count). The van der Waals surface area contributed by atoms with Crippen LogP contribution < -0.4 is 0 Å². The van der Waals surface area contributed by atoms with Crippen LogP contribution in [-0.2, 0) is 14.4 Å². The zero-order valence-electron chi connectivity index (χ0n) is 16.3. The first-order valence-corrected chi connectivity index (χ1v) is 10.3. The summed E-state index contributed by atoms with van der Waals surface area (Å²) in [6.45, 7) is 4.59. The van der Waals surface area contributed by atoms with Gasteiger partial charge in [0, 0.05) is 13.0 Å². The Bertz CT molecular complexity index is 641. The van der Waals surface area contributed by atoms with Crippen LogP contribution in [0.1, 0.15) is 64.7 Å². The number of allylic oxidation sites excluding steroid dienone is 1. The van der Waals surface area contributed by atoms with Crippen molar-refractivity contribution in [2.45, 2.75) is 64.7 Å². The van der Waals surface area contributed by atoms with E-state index < -0.39 is 11.4 Å². The van der Waals surface area contributed by atoms with Gasteiger partial charge in [-0.25, -0.2) is 0 Å². The molecule has 0 radical (unpaired) electrons. The molecule has 0 aliphatic heterocycles. The largest absolute Gasteiger partial charge is 0.481 e. The van der Waals surface area contributed by atoms with Crippen molar-refractivity contribution in [1.82, 2.24) is 0 Å². The van der Waals surface area contributed by atoms with Crippen molar-refractivity contribution in [2.24, 2.45) is 34.5 Å². The Hall–Kier alpha value is -1.49. The monoisotopic (exact) mass is 376 g/mol. The van der Waals surface area contributed by atoms with Crippen molar-refractivity contribution >= 4 is 18.5 Å². The summed E-state index contributed by atoms with van der Waals surface area (Å²) in [5, 5.41) is 19.8. The number of carboxylic acid groups (broad SMARTS) is 1. The Morgan fingerprint density at radius 3 is 2.56 bits per heavy atom. The SMILES string of the molecule is C=O.CC12CCC3(C(=O)O)C4CCC(=O)C=C4CCC3C1CCC2CCO. The first-order chi connectivity index (χ1) is 12.9. The van der Waals surface area contributed by atoms with Crippen molar-refractivity contribution < 1.29 is 24.6 Å². The van der Waals surface area contributed by atoms with Gasteiger partial charge in [-0.05, 0) is 86.5 Å². The Balaban J connectivity index is 0.00000102. The van der Waals surface area contributed by atoms with Gasteiger partial charge in [0.25, 0.3) is 0 Å². The lowest BCUT2D eigenvalue weighted by atomic mass is 9.44.